The monoisotopic (exact) mass is 605 g/mol. The molecule has 1 amide bonds. The number of hydrogen-bond donors (Lipinski definition) is 1. The minimum absolute atomic E-state index is 0.108. The standard InChI is InChI=1S/C23H14ClF10N3O3/c24-15-6-13(20(25,21(26,27)28)22(29,30)31)7-17(40-23(32,33)34)18(15)37-9-12(8-36-37)11-2-1-10-3-4-16(14(10)5-11)39-19(35)38/h1-2,5-9,16H,3-4H2,(H2,35,38). The maximum absolute atomic E-state index is 14.6. The first kappa shape index (κ1) is 29.3. The van der Waals surface area contributed by atoms with Crippen LogP contribution in [0.3, 0.4) is 0 Å². The van der Waals surface area contributed by atoms with Crippen LogP contribution in [-0.4, -0.2) is 34.6 Å². The quantitative estimate of drug-likeness (QED) is 0.306. The van der Waals surface area contributed by atoms with E-state index in [0.717, 1.165) is 18.0 Å². The molecule has 0 fully saturated rings. The number of aromatic nitrogens is 2. The van der Waals surface area contributed by atoms with E-state index in [1.807, 2.05) is 0 Å². The maximum Gasteiger partial charge on any atom is 0.573 e. The number of primary amides is 1. The number of nitrogens with zero attached hydrogens (tertiary/aromatic N) is 2. The summed E-state index contributed by atoms with van der Waals surface area (Å²) in [6.07, 6.45) is -17.4. The third kappa shape index (κ3) is 5.36. The molecule has 1 heterocycles. The highest BCUT2D eigenvalue weighted by atomic mass is 35.5. The predicted octanol–water partition coefficient (Wildman–Crippen LogP) is 7.46. The van der Waals surface area contributed by atoms with E-state index in [2.05, 4.69) is 9.84 Å². The number of amides is 1. The van der Waals surface area contributed by atoms with E-state index < -0.39 is 64.7 Å². The zero-order valence-electron chi connectivity index (χ0n) is 19.4. The van der Waals surface area contributed by atoms with Crippen molar-refractivity contribution in [2.45, 2.75) is 43.3 Å². The average molecular weight is 606 g/mol. The number of carbonyl (C=O) groups excluding carboxylic acids is 1. The van der Waals surface area contributed by atoms with Gasteiger partial charge in [-0.3, -0.25) is 0 Å². The van der Waals surface area contributed by atoms with Crippen molar-refractivity contribution in [1.29, 1.82) is 0 Å². The second-order valence-electron chi connectivity index (χ2n) is 8.56. The second-order valence-corrected chi connectivity index (χ2v) is 8.97. The van der Waals surface area contributed by atoms with Crippen LogP contribution in [0.5, 0.6) is 5.75 Å². The van der Waals surface area contributed by atoms with Crippen molar-refractivity contribution in [2.75, 3.05) is 0 Å². The summed E-state index contributed by atoms with van der Waals surface area (Å²) in [6.45, 7) is 0. The first-order valence-corrected chi connectivity index (χ1v) is 11.3. The Labute approximate surface area is 222 Å². The molecule has 17 heteroatoms. The van der Waals surface area contributed by atoms with Crippen molar-refractivity contribution in [3.8, 4) is 22.6 Å². The SMILES string of the molecule is NC(=O)OC1CCc2ccc(-c3cnn(-c4c(Cl)cc(C(F)(C(F)(F)F)C(F)(F)F)cc4OC(F)(F)F)c3)cc21. The largest absolute Gasteiger partial charge is 0.573 e. The molecule has 0 spiro atoms. The van der Waals surface area contributed by atoms with E-state index in [0.29, 0.717) is 28.7 Å². The van der Waals surface area contributed by atoms with Crippen molar-refractivity contribution < 1.29 is 58.2 Å². The van der Waals surface area contributed by atoms with E-state index >= 15 is 0 Å². The Bertz CT molecular complexity index is 1440. The Balaban J connectivity index is 1.82. The Morgan fingerprint density at radius 2 is 1.62 bits per heavy atom. The lowest BCUT2D eigenvalue weighted by Gasteiger charge is -2.31. The first-order chi connectivity index (χ1) is 18.3. The highest BCUT2D eigenvalue weighted by Gasteiger charge is 2.73. The molecule has 1 atom stereocenters. The first-order valence-electron chi connectivity index (χ1n) is 10.9. The number of halogens is 11. The summed E-state index contributed by atoms with van der Waals surface area (Å²) in [6, 6.07) is 4.36. The fourth-order valence-corrected chi connectivity index (χ4v) is 4.58. The summed E-state index contributed by atoms with van der Waals surface area (Å²) in [5, 5.41) is 2.64. The normalized spacial score (nSPS) is 16.1. The van der Waals surface area contributed by atoms with Crippen LogP contribution in [-0.2, 0) is 16.8 Å². The van der Waals surface area contributed by atoms with Crippen molar-refractivity contribution in [1.82, 2.24) is 9.78 Å². The van der Waals surface area contributed by atoms with Gasteiger partial charge >= 0.3 is 30.5 Å². The van der Waals surface area contributed by atoms with Gasteiger partial charge in [0.05, 0.1) is 11.2 Å². The topological polar surface area (TPSA) is 79.4 Å². The molecule has 0 radical (unpaired) electrons. The summed E-state index contributed by atoms with van der Waals surface area (Å²) >= 11 is 5.83. The molecule has 0 saturated heterocycles. The zero-order chi connectivity index (χ0) is 29.8. The van der Waals surface area contributed by atoms with Gasteiger partial charge in [0.2, 0.25) is 0 Å². The van der Waals surface area contributed by atoms with E-state index in [1.54, 1.807) is 18.2 Å². The van der Waals surface area contributed by atoms with Gasteiger partial charge in [-0.05, 0) is 47.7 Å². The molecule has 1 aromatic heterocycles. The third-order valence-electron chi connectivity index (χ3n) is 6.01. The van der Waals surface area contributed by atoms with Gasteiger partial charge in [-0.15, -0.1) is 13.2 Å². The van der Waals surface area contributed by atoms with Gasteiger partial charge in [0.1, 0.15) is 11.8 Å². The van der Waals surface area contributed by atoms with Gasteiger partial charge in [-0.25, -0.2) is 13.9 Å². The van der Waals surface area contributed by atoms with E-state index in [1.165, 1.54) is 0 Å². The van der Waals surface area contributed by atoms with Crippen molar-refractivity contribution in [2.24, 2.45) is 5.73 Å². The number of rotatable bonds is 5. The number of ether oxygens (including phenoxy) is 2. The molecule has 2 N–H and O–H groups in total. The summed E-state index contributed by atoms with van der Waals surface area (Å²) in [5.74, 6) is -1.68. The highest BCUT2D eigenvalue weighted by Crippen LogP contribution is 2.55. The van der Waals surface area contributed by atoms with Crippen LogP contribution in [0.15, 0.2) is 42.7 Å². The summed E-state index contributed by atoms with van der Waals surface area (Å²) in [5.41, 5.74) is -2.19. The van der Waals surface area contributed by atoms with E-state index in [-0.39, 0.29) is 11.6 Å². The molecule has 6 nitrogen and oxygen atoms in total. The van der Waals surface area contributed by atoms with Crippen LogP contribution < -0.4 is 10.5 Å². The number of aryl methyl sites for hydroxylation is 1. The Kier molecular flexibility index (Phi) is 7.14. The fraction of sp³-hybridized carbons (Fsp3) is 0.304. The molecule has 4 rings (SSSR count). The second kappa shape index (κ2) is 9.74. The lowest BCUT2D eigenvalue weighted by atomic mass is 9.93. The van der Waals surface area contributed by atoms with Crippen molar-refractivity contribution in [3.05, 3.63) is 64.4 Å². The summed E-state index contributed by atoms with van der Waals surface area (Å²) in [7, 11) is 0. The van der Waals surface area contributed by atoms with Gasteiger partial charge in [0, 0.05) is 17.3 Å². The lowest BCUT2D eigenvalue weighted by molar-refractivity contribution is -0.348. The molecule has 1 unspecified atom stereocenters. The van der Waals surface area contributed by atoms with Crippen LogP contribution in [0, 0.1) is 0 Å². The number of carbonyl (C=O) groups is 1. The van der Waals surface area contributed by atoms with Crippen molar-refractivity contribution in [3.63, 3.8) is 0 Å². The van der Waals surface area contributed by atoms with Gasteiger partial charge in [-0.2, -0.15) is 31.4 Å². The maximum atomic E-state index is 14.6. The molecule has 0 saturated carbocycles. The molecule has 1 aliphatic rings. The molecule has 3 aromatic rings. The van der Waals surface area contributed by atoms with E-state index in [4.69, 9.17) is 22.1 Å². The number of nitrogens with two attached hydrogens (primary N) is 1. The van der Waals surface area contributed by atoms with Crippen LogP contribution in [0.25, 0.3) is 16.8 Å². The minimum Gasteiger partial charge on any atom is -0.441 e. The Morgan fingerprint density at radius 3 is 2.20 bits per heavy atom. The third-order valence-corrected chi connectivity index (χ3v) is 6.29. The van der Waals surface area contributed by atoms with Gasteiger partial charge in [0.25, 0.3) is 0 Å². The number of hydrogen-bond acceptors (Lipinski definition) is 4. The van der Waals surface area contributed by atoms with Crippen LogP contribution in [0.1, 0.15) is 29.2 Å². The molecular formula is C23H14ClF10N3O3. The highest BCUT2D eigenvalue weighted by molar-refractivity contribution is 6.32. The lowest BCUT2D eigenvalue weighted by Crippen LogP contribution is -2.50. The summed E-state index contributed by atoms with van der Waals surface area (Å²) in [4.78, 5) is 11.2. The Morgan fingerprint density at radius 1 is 0.975 bits per heavy atom. The molecular weight excluding hydrogens is 592 g/mol. The fourth-order valence-electron chi connectivity index (χ4n) is 4.29. The zero-order valence-corrected chi connectivity index (χ0v) is 20.1. The number of fused-ring (bicyclic) bond motifs is 1. The summed E-state index contributed by atoms with van der Waals surface area (Å²) < 4.78 is 143. The Hall–Kier alpha value is -3.69. The van der Waals surface area contributed by atoms with Gasteiger partial charge in [0.15, 0.2) is 5.75 Å². The predicted molar refractivity (Wildman–Crippen MR) is 117 cm³/mol. The van der Waals surface area contributed by atoms with Gasteiger partial charge in [-0.1, -0.05) is 23.7 Å². The average Bonchev–Trinajstić information content (AvgIpc) is 3.42. The molecule has 0 aliphatic heterocycles. The van der Waals surface area contributed by atoms with E-state index in [9.17, 15) is 48.7 Å². The molecule has 0 bridgehead atoms. The van der Waals surface area contributed by atoms with Crippen molar-refractivity contribution >= 4 is 17.7 Å². The number of alkyl halides is 10. The molecule has 2 aromatic carbocycles. The van der Waals surface area contributed by atoms with Crippen LogP contribution in [0.2, 0.25) is 5.02 Å². The molecule has 216 valence electrons. The van der Waals surface area contributed by atoms with Gasteiger partial charge < -0.3 is 15.2 Å². The van der Waals surface area contributed by atoms with Crippen LogP contribution >= 0.6 is 11.6 Å². The molecule has 1 aliphatic carbocycles. The van der Waals surface area contributed by atoms with Crippen LogP contribution in [0.4, 0.5) is 48.7 Å². The minimum atomic E-state index is -6.62. The smallest absolute Gasteiger partial charge is 0.441 e. The number of benzene rings is 2. The molecule has 40 heavy (non-hydrogen) atoms.